The lowest BCUT2D eigenvalue weighted by atomic mass is 9.82. The molecule has 0 fully saturated rings. The van der Waals surface area contributed by atoms with E-state index < -0.39 is 11.2 Å². The number of hydrogen-bond donors (Lipinski definition) is 1. The highest BCUT2D eigenvalue weighted by Gasteiger charge is 2.35. The molecule has 0 saturated carbocycles. The summed E-state index contributed by atoms with van der Waals surface area (Å²) in [7, 11) is 1.68. The van der Waals surface area contributed by atoms with Crippen molar-refractivity contribution in [2.45, 2.75) is 51.7 Å². The summed E-state index contributed by atoms with van der Waals surface area (Å²) in [5.74, 6) is 1.93. The molecule has 0 aliphatic heterocycles. The molecular formula is C33H33BN3O2. The van der Waals surface area contributed by atoms with Crippen molar-refractivity contribution in [1.82, 2.24) is 15.0 Å². The molecular weight excluding hydrogens is 481 g/mol. The molecule has 4 aromatic rings. The van der Waals surface area contributed by atoms with E-state index in [0.717, 1.165) is 35.0 Å². The Morgan fingerprint density at radius 1 is 0.718 bits per heavy atom. The molecule has 0 unspecified atom stereocenters. The Morgan fingerprint density at radius 3 is 1.97 bits per heavy atom. The van der Waals surface area contributed by atoms with Crippen LogP contribution in [0.5, 0.6) is 0 Å². The van der Waals surface area contributed by atoms with Crippen LogP contribution in [-0.4, -0.2) is 38.7 Å². The van der Waals surface area contributed by atoms with Gasteiger partial charge in [0.1, 0.15) is 0 Å². The normalized spacial score (nSPS) is 14.0. The monoisotopic (exact) mass is 514 g/mol. The van der Waals surface area contributed by atoms with Gasteiger partial charge in [-0.05, 0) is 63.3 Å². The highest BCUT2D eigenvalue weighted by molar-refractivity contribution is 6.47. The quantitative estimate of drug-likeness (QED) is 0.281. The average molecular weight is 514 g/mol. The van der Waals surface area contributed by atoms with E-state index in [1.54, 1.807) is 21.3 Å². The molecule has 1 radical (unpaired) electrons. The summed E-state index contributed by atoms with van der Waals surface area (Å²) in [5.41, 5.74) is 4.36. The van der Waals surface area contributed by atoms with Crippen molar-refractivity contribution in [1.29, 1.82) is 0 Å². The summed E-state index contributed by atoms with van der Waals surface area (Å²) in [6.07, 6.45) is 6.26. The second-order valence-corrected chi connectivity index (χ2v) is 10.8. The minimum Gasteiger partial charge on any atom is -0.427 e. The van der Waals surface area contributed by atoms with Gasteiger partial charge in [0, 0.05) is 11.1 Å². The molecule has 0 bridgehead atoms. The molecule has 0 saturated heterocycles. The molecule has 195 valence electrons. The van der Waals surface area contributed by atoms with Crippen molar-refractivity contribution in [2.75, 3.05) is 0 Å². The molecule has 1 aliphatic rings. The predicted octanol–water partition coefficient (Wildman–Crippen LogP) is 6.28. The maximum atomic E-state index is 10.5. The van der Waals surface area contributed by atoms with Gasteiger partial charge in [-0.15, -0.1) is 0 Å². The first kappa shape index (κ1) is 26.7. The third-order valence-corrected chi connectivity index (χ3v) is 7.28. The van der Waals surface area contributed by atoms with Crippen molar-refractivity contribution >= 4 is 24.1 Å². The van der Waals surface area contributed by atoms with Gasteiger partial charge >= 0.3 is 7.48 Å². The summed E-state index contributed by atoms with van der Waals surface area (Å²) < 4.78 is 5.99. The fraction of sp³-hybridized carbons (Fsp3) is 0.242. The number of hydrogen-bond acceptors (Lipinski definition) is 5. The number of aliphatic hydroxyl groups is 1. The average Bonchev–Trinajstić information content (AvgIpc) is 2.96. The van der Waals surface area contributed by atoms with E-state index in [0.29, 0.717) is 17.5 Å². The Morgan fingerprint density at radius 2 is 1.31 bits per heavy atom. The molecule has 1 N–H and O–H groups in total. The van der Waals surface area contributed by atoms with Crippen LogP contribution in [0.15, 0.2) is 97.1 Å². The van der Waals surface area contributed by atoms with Gasteiger partial charge in [-0.3, -0.25) is 0 Å². The van der Waals surface area contributed by atoms with Crippen LogP contribution < -0.4 is 5.46 Å². The maximum Gasteiger partial charge on any atom is 0.330 e. The van der Waals surface area contributed by atoms with Crippen LogP contribution in [-0.2, 0) is 4.65 Å². The maximum absolute atomic E-state index is 10.5. The summed E-state index contributed by atoms with van der Waals surface area (Å²) in [6.45, 7) is 7.22. The molecule has 0 amide bonds. The van der Waals surface area contributed by atoms with Crippen molar-refractivity contribution < 1.29 is 9.76 Å². The number of benzene rings is 3. The van der Waals surface area contributed by atoms with Gasteiger partial charge in [0.15, 0.2) is 17.5 Å². The van der Waals surface area contributed by atoms with Gasteiger partial charge in [-0.2, -0.15) is 0 Å². The van der Waals surface area contributed by atoms with Gasteiger partial charge in [0.2, 0.25) is 0 Å². The highest BCUT2D eigenvalue weighted by Crippen LogP contribution is 2.31. The highest BCUT2D eigenvalue weighted by atomic mass is 16.5. The fourth-order valence-corrected chi connectivity index (χ4v) is 4.19. The lowest BCUT2D eigenvalue weighted by molar-refractivity contribution is -0.0893. The topological polar surface area (TPSA) is 68.1 Å². The SMILES string of the molecule is CC(C)(O)C(C)(C)O[B]c1cccc(-c2nc(C3=CC(c4ccccc4)=CCC3)nc(-c3ccccc3)n2)c1. The minimum atomic E-state index is -1.00. The van der Waals surface area contributed by atoms with Crippen LogP contribution in [0.25, 0.3) is 33.9 Å². The summed E-state index contributed by atoms with van der Waals surface area (Å²) in [5, 5.41) is 10.5. The number of nitrogens with zero attached hydrogens (tertiary/aromatic N) is 3. The molecule has 1 heterocycles. The second-order valence-electron chi connectivity index (χ2n) is 10.8. The zero-order valence-corrected chi connectivity index (χ0v) is 22.9. The van der Waals surface area contributed by atoms with Crippen LogP contribution in [0.2, 0.25) is 0 Å². The number of rotatable bonds is 8. The zero-order valence-electron chi connectivity index (χ0n) is 22.9. The molecule has 1 aliphatic carbocycles. The Kier molecular flexibility index (Phi) is 7.60. The molecule has 1 aromatic heterocycles. The predicted molar refractivity (Wildman–Crippen MR) is 159 cm³/mol. The van der Waals surface area contributed by atoms with Gasteiger partial charge in [0.05, 0.1) is 11.2 Å². The lowest BCUT2D eigenvalue weighted by Gasteiger charge is -2.37. The lowest BCUT2D eigenvalue weighted by Crippen LogP contribution is -2.49. The smallest absolute Gasteiger partial charge is 0.330 e. The Bertz CT molecular complexity index is 1510. The Balaban J connectivity index is 1.53. The van der Waals surface area contributed by atoms with E-state index in [1.165, 1.54) is 11.1 Å². The summed E-state index contributed by atoms with van der Waals surface area (Å²) >= 11 is 0. The van der Waals surface area contributed by atoms with E-state index >= 15 is 0 Å². The standard InChI is InChI=1S/C33H33BN3O2/c1-32(2,38)33(3,4)39-34-28-20-12-19-27(22-28)31-36-29(24-15-9-6-10-16-24)35-30(37-31)26-18-11-17-25(21-26)23-13-7-5-8-14-23/h5-10,12-17,19-22,38H,11,18H2,1-4H3. The Labute approximate surface area is 231 Å². The first-order valence-corrected chi connectivity index (χ1v) is 13.3. The Hall–Kier alpha value is -3.87. The van der Waals surface area contributed by atoms with Crippen LogP contribution >= 0.6 is 0 Å². The molecule has 3 aromatic carbocycles. The van der Waals surface area contributed by atoms with Crippen molar-refractivity contribution in [3.63, 3.8) is 0 Å². The van der Waals surface area contributed by atoms with E-state index in [1.807, 2.05) is 74.5 Å². The first-order chi connectivity index (χ1) is 18.7. The van der Waals surface area contributed by atoms with E-state index in [4.69, 9.17) is 19.6 Å². The van der Waals surface area contributed by atoms with Crippen molar-refractivity contribution in [3.05, 3.63) is 108 Å². The minimum absolute atomic E-state index is 0.604. The molecule has 6 heteroatoms. The molecule has 5 nitrogen and oxygen atoms in total. The third kappa shape index (κ3) is 6.24. The van der Waals surface area contributed by atoms with E-state index in [-0.39, 0.29) is 0 Å². The van der Waals surface area contributed by atoms with Gasteiger partial charge in [-0.25, -0.2) is 15.0 Å². The van der Waals surface area contributed by atoms with Gasteiger partial charge in [0.25, 0.3) is 0 Å². The molecule has 5 rings (SSSR count). The fourth-order valence-electron chi connectivity index (χ4n) is 4.19. The van der Waals surface area contributed by atoms with Gasteiger partial charge in [-0.1, -0.05) is 96.5 Å². The van der Waals surface area contributed by atoms with Crippen molar-refractivity contribution in [2.24, 2.45) is 0 Å². The van der Waals surface area contributed by atoms with Gasteiger partial charge < -0.3 is 9.76 Å². The van der Waals surface area contributed by atoms with Crippen LogP contribution in [0.1, 0.15) is 51.9 Å². The largest absolute Gasteiger partial charge is 0.427 e. The molecule has 39 heavy (non-hydrogen) atoms. The second kappa shape index (κ2) is 11.1. The van der Waals surface area contributed by atoms with Crippen molar-refractivity contribution in [3.8, 4) is 22.8 Å². The first-order valence-electron chi connectivity index (χ1n) is 13.3. The summed E-state index contributed by atoms with van der Waals surface area (Å²) in [6, 6.07) is 28.3. The van der Waals surface area contributed by atoms with Crippen LogP contribution in [0, 0.1) is 0 Å². The van der Waals surface area contributed by atoms with E-state index in [9.17, 15) is 5.11 Å². The zero-order chi connectivity index (χ0) is 27.5. The van der Waals surface area contributed by atoms with Crippen LogP contribution in [0.3, 0.4) is 0 Å². The summed E-state index contributed by atoms with van der Waals surface area (Å²) in [4.78, 5) is 14.8. The van der Waals surface area contributed by atoms with Crippen LogP contribution in [0.4, 0.5) is 0 Å². The molecule has 0 spiro atoms. The number of aromatic nitrogens is 3. The van der Waals surface area contributed by atoms with E-state index in [2.05, 4.69) is 36.4 Å². The molecule has 0 atom stereocenters. The third-order valence-electron chi connectivity index (χ3n) is 7.28. The number of allylic oxidation sites excluding steroid dienone is 4.